The summed E-state index contributed by atoms with van der Waals surface area (Å²) >= 11 is 0. The van der Waals surface area contributed by atoms with E-state index in [1.807, 2.05) is 45.2 Å². The molecule has 0 aliphatic carbocycles. The van der Waals surface area contributed by atoms with Crippen LogP contribution in [0.5, 0.6) is 0 Å². The number of Topliss-reactive ketones (excluding diaryl/α,β-unsaturated/α-hetero) is 1. The van der Waals surface area contributed by atoms with Crippen molar-refractivity contribution in [2.24, 2.45) is 5.92 Å². The Kier molecular flexibility index (Phi) is 2.31. The quantitative estimate of drug-likeness (QED) is 0.701. The Hall–Kier alpha value is -1.64. The van der Waals surface area contributed by atoms with Crippen molar-refractivity contribution in [2.45, 2.75) is 20.8 Å². The maximum Gasteiger partial charge on any atom is 0.167 e. The summed E-state index contributed by atoms with van der Waals surface area (Å²) in [6.07, 6.45) is 1.86. The summed E-state index contributed by atoms with van der Waals surface area (Å²) in [6.45, 7) is 5.75. The third-order valence-corrected chi connectivity index (χ3v) is 2.41. The molecule has 0 amide bonds. The lowest BCUT2D eigenvalue weighted by molar-refractivity contribution is 0.0940. The smallest absolute Gasteiger partial charge is 0.167 e. The van der Waals surface area contributed by atoms with Gasteiger partial charge in [0.25, 0.3) is 0 Å². The molecular formula is C12H14N2O. The van der Waals surface area contributed by atoms with Crippen LogP contribution in [0.2, 0.25) is 0 Å². The van der Waals surface area contributed by atoms with Crippen LogP contribution in [0, 0.1) is 12.8 Å². The van der Waals surface area contributed by atoms with Crippen LogP contribution < -0.4 is 0 Å². The highest BCUT2D eigenvalue weighted by molar-refractivity contribution is 6.03. The minimum Gasteiger partial charge on any atom is -0.294 e. The van der Waals surface area contributed by atoms with Crippen LogP contribution in [0.1, 0.15) is 29.9 Å². The first-order valence-electron chi connectivity index (χ1n) is 5.09. The standard InChI is InChI=1S/C12H14N2O/c1-8(2)12(15)10-5-4-6-14-11(10)7-9(3)13-14/h4-8H,1-3H3. The second kappa shape index (κ2) is 3.50. The lowest BCUT2D eigenvalue weighted by Gasteiger charge is -2.05. The molecule has 0 saturated carbocycles. The molecule has 3 heteroatoms. The lowest BCUT2D eigenvalue weighted by Crippen LogP contribution is -2.08. The first-order chi connectivity index (χ1) is 7.09. The largest absolute Gasteiger partial charge is 0.294 e. The second-order valence-corrected chi connectivity index (χ2v) is 4.06. The predicted octanol–water partition coefficient (Wildman–Crippen LogP) is 2.48. The Bertz CT molecular complexity index is 511. The van der Waals surface area contributed by atoms with E-state index in [4.69, 9.17) is 0 Å². The average molecular weight is 202 g/mol. The highest BCUT2D eigenvalue weighted by Gasteiger charge is 2.14. The molecule has 0 spiro atoms. The van der Waals surface area contributed by atoms with E-state index in [-0.39, 0.29) is 11.7 Å². The summed E-state index contributed by atoms with van der Waals surface area (Å²) < 4.78 is 1.75. The zero-order valence-corrected chi connectivity index (χ0v) is 9.19. The van der Waals surface area contributed by atoms with Crippen molar-refractivity contribution >= 4 is 11.3 Å². The number of hydrogen-bond acceptors (Lipinski definition) is 2. The molecule has 0 saturated heterocycles. The number of carbonyl (C=O) groups excluding carboxylic acids is 1. The van der Waals surface area contributed by atoms with Crippen molar-refractivity contribution in [3.8, 4) is 0 Å². The minimum absolute atomic E-state index is 0.0198. The molecular weight excluding hydrogens is 188 g/mol. The fourth-order valence-corrected chi connectivity index (χ4v) is 1.66. The van der Waals surface area contributed by atoms with E-state index < -0.39 is 0 Å². The van der Waals surface area contributed by atoms with Gasteiger partial charge in [-0.25, -0.2) is 4.52 Å². The van der Waals surface area contributed by atoms with Gasteiger partial charge in [0.1, 0.15) is 0 Å². The Labute approximate surface area is 88.7 Å². The van der Waals surface area contributed by atoms with Crippen LogP contribution in [0.3, 0.4) is 0 Å². The van der Waals surface area contributed by atoms with Crippen molar-refractivity contribution in [1.82, 2.24) is 9.61 Å². The number of hydrogen-bond donors (Lipinski definition) is 0. The van der Waals surface area contributed by atoms with Gasteiger partial charge in [0.05, 0.1) is 11.2 Å². The molecule has 0 N–H and O–H groups in total. The van der Waals surface area contributed by atoms with Gasteiger partial charge in [-0.15, -0.1) is 0 Å². The third kappa shape index (κ3) is 1.65. The van der Waals surface area contributed by atoms with Crippen LogP contribution in [0.4, 0.5) is 0 Å². The van der Waals surface area contributed by atoms with Crippen molar-refractivity contribution < 1.29 is 4.79 Å². The fourth-order valence-electron chi connectivity index (χ4n) is 1.66. The van der Waals surface area contributed by atoms with Gasteiger partial charge in [-0.1, -0.05) is 13.8 Å². The van der Waals surface area contributed by atoms with E-state index in [0.29, 0.717) is 0 Å². The molecule has 2 aromatic heterocycles. The van der Waals surface area contributed by atoms with Crippen molar-refractivity contribution in [3.05, 3.63) is 35.7 Å². The molecule has 2 heterocycles. The maximum atomic E-state index is 11.9. The van der Waals surface area contributed by atoms with Gasteiger partial charge in [-0.3, -0.25) is 4.79 Å². The number of pyridine rings is 1. The topological polar surface area (TPSA) is 34.4 Å². The highest BCUT2D eigenvalue weighted by atomic mass is 16.1. The molecule has 0 bridgehead atoms. The molecule has 0 atom stereocenters. The zero-order chi connectivity index (χ0) is 11.0. The summed E-state index contributed by atoms with van der Waals surface area (Å²) in [7, 11) is 0. The zero-order valence-electron chi connectivity index (χ0n) is 9.19. The SMILES string of the molecule is Cc1cc2c(C(=O)C(C)C)cccn2n1. The number of ketones is 1. The van der Waals surface area contributed by atoms with Crippen LogP contribution >= 0.6 is 0 Å². The van der Waals surface area contributed by atoms with Gasteiger partial charge in [0.15, 0.2) is 5.78 Å². The van der Waals surface area contributed by atoms with Gasteiger partial charge in [0.2, 0.25) is 0 Å². The molecule has 0 aromatic carbocycles. The first-order valence-corrected chi connectivity index (χ1v) is 5.09. The third-order valence-electron chi connectivity index (χ3n) is 2.41. The molecule has 0 radical (unpaired) electrons. The van der Waals surface area contributed by atoms with Crippen LogP contribution in [-0.2, 0) is 0 Å². The van der Waals surface area contributed by atoms with E-state index >= 15 is 0 Å². The first kappa shape index (κ1) is 9.90. The fraction of sp³-hybridized carbons (Fsp3) is 0.333. The number of rotatable bonds is 2. The van der Waals surface area contributed by atoms with Gasteiger partial charge in [-0.2, -0.15) is 5.10 Å². The average Bonchev–Trinajstić information content (AvgIpc) is 2.56. The molecule has 0 fully saturated rings. The number of nitrogens with zero attached hydrogens (tertiary/aromatic N) is 2. The molecule has 15 heavy (non-hydrogen) atoms. The van der Waals surface area contributed by atoms with Gasteiger partial charge < -0.3 is 0 Å². The highest BCUT2D eigenvalue weighted by Crippen LogP contribution is 2.16. The van der Waals surface area contributed by atoms with Gasteiger partial charge >= 0.3 is 0 Å². The second-order valence-electron chi connectivity index (χ2n) is 4.06. The summed E-state index contributed by atoms with van der Waals surface area (Å²) in [5.41, 5.74) is 2.58. The van der Waals surface area contributed by atoms with Crippen LogP contribution in [-0.4, -0.2) is 15.4 Å². The van der Waals surface area contributed by atoms with E-state index in [0.717, 1.165) is 16.8 Å². The number of fused-ring (bicyclic) bond motifs is 1. The van der Waals surface area contributed by atoms with Crippen LogP contribution in [0.15, 0.2) is 24.4 Å². The van der Waals surface area contributed by atoms with Gasteiger partial charge in [0, 0.05) is 17.7 Å². The normalized spacial score (nSPS) is 11.2. The van der Waals surface area contributed by atoms with Crippen molar-refractivity contribution in [3.63, 3.8) is 0 Å². The number of aromatic nitrogens is 2. The Balaban J connectivity index is 2.65. The summed E-state index contributed by atoms with van der Waals surface area (Å²) in [6, 6.07) is 5.66. The van der Waals surface area contributed by atoms with Gasteiger partial charge in [-0.05, 0) is 25.1 Å². The maximum absolute atomic E-state index is 11.9. The van der Waals surface area contributed by atoms with Crippen molar-refractivity contribution in [1.29, 1.82) is 0 Å². The number of carbonyl (C=O) groups is 1. The van der Waals surface area contributed by atoms with Crippen molar-refractivity contribution in [2.75, 3.05) is 0 Å². The molecule has 3 nitrogen and oxygen atoms in total. The lowest BCUT2D eigenvalue weighted by atomic mass is 10.0. The Morgan fingerprint density at radius 1 is 1.47 bits per heavy atom. The van der Waals surface area contributed by atoms with E-state index in [9.17, 15) is 4.79 Å². The monoisotopic (exact) mass is 202 g/mol. The minimum atomic E-state index is 0.0198. The van der Waals surface area contributed by atoms with Crippen LogP contribution in [0.25, 0.3) is 5.52 Å². The molecule has 0 unspecified atom stereocenters. The predicted molar refractivity (Wildman–Crippen MR) is 59.1 cm³/mol. The summed E-state index contributed by atoms with van der Waals surface area (Å²) in [5, 5.41) is 4.28. The van der Waals surface area contributed by atoms with E-state index in [1.165, 1.54) is 0 Å². The summed E-state index contributed by atoms with van der Waals surface area (Å²) in [4.78, 5) is 11.9. The number of aryl methyl sites for hydroxylation is 1. The molecule has 2 rings (SSSR count). The van der Waals surface area contributed by atoms with E-state index in [2.05, 4.69) is 5.10 Å². The molecule has 0 aliphatic heterocycles. The summed E-state index contributed by atoms with van der Waals surface area (Å²) in [5.74, 6) is 0.187. The Morgan fingerprint density at radius 3 is 2.87 bits per heavy atom. The Morgan fingerprint density at radius 2 is 2.20 bits per heavy atom. The molecule has 2 aromatic rings. The van der Waals surface area contributed by atoms with E-state index in [1.54, 1.807) is 4.52 Å². The molecule has 0 aliphatic rings. The molecule has 78 valence electrons.